The molecule has 0 amide bonds. The van der Waals surface area contributed by atoms with Gasteiger partial charge in [-0.1, -0.05) is 121 Å². The zero-order valence-corrected chi connectivity index (χ0v) is 28.4. The number of nitrogens with zero attached hydrogens (tertiary/aromatic N) is 3. The van der Waals surface area contributed by atoms with Gasteiger partial charge in [-0.05, 0) is 100 Å². The monoisotopic (exact) mass is 661 g/mol. The molecule has 0 atom stereocenters. The highest BCUT2D eigenvalue weighted by Crippen LogP contribution is 2.46. The second kappa shape index (κ2) is 11.4. The van der Waals surface area contributed by atoms with Crippen LogP contribution in [0.25, 0.3) is 38.6 Å². The number of anilines is 6. The molecule has 0 aliphatic carbocycles. The maximum atomic E-state index is 2.48. The number of aromatic nitrogens is 1. The van der Waals surface area contributed by atoms with Crippen LogP contribution in [0.15, 0.2) is 194 Å². The lowest BCUT2D eigenvalue weighted by atomic mass is 9.32. The first-order valence-corrected chi connectivity index (χ1v) is 18.0. The smallest absolute Gasteiger partial charge is 0.252 e. The molecule has 0 fully saturated rings. The van der Waals surface area contributed by atoms with Crippen LogP contribution in [0, 0.1) is 0 Å². The summed E-state index contributed by atoms with van der Waals surface area (Å²) in [5.41, 5.74) is 17.2. The molecule has 0 spiro atoms. The van der Waals surface area contributed by atoms with Gasteiger partial charge < -0.3 is 14.4 Å². The van der Waals surface area contributed by atoms with Gasteiger partial charge in [-0.15, -0.1) is 0 Å². The molecule has 2 aliphatic heterocycles. The minimum atomic E-state index is 0.0197. The van der Waals surface area contributed by atoms with Crippen LogP contribution in [0.4, 0.5) is 34.1 Å². The van der Waals surface area contributed by atoms with Crippen LogP contribution in [0.5, 0.6) is 0 Å². The third-order valence-corrected chi connectivity index (χ3v) is 11.0. The molecular weight excluding hydrogens is 629 g/mol. The predicted molar refractivity (Wildman–Crippen MR) is 220 cm³/mol. The van der Waals surface area contributed by atoms with Crippen molar-refractivity contribution in [3.63, 3.8) is 0 Å². The van der Waals surface area contributed by atoms with Crippen molar-refractivity contribution in [2.24, 2.45) is 0 Å². The Balaban J connectivity index is 1.26. The molecule has 1 aromatic heterocycles. The van der Waals surface area contributed by atoms with Crippen molar-refractivity contribution >= 4 is 79.0 Å². The minimum Gasteiger partial charge on any atom is -0.311 e. The number of hydrogen-bond acceptors (Lipinski definition) is 2. The lowest BCUT2D eigenvalue weighted by Gasteiger charge is -2.44. The Morgan fingerprint density at radius 2 is 0.808 bits per heavy atom. The molecule has 0 radical (unpaired) electrons. The molecule has 11 rings (SSSR count). The van der Waals surface area contributed by atoms with Crippen LogP contribution in [0.2, 0.25) is 0 Å². The van der Waals surface area contributed by atoms with Crippen LogP contribution >= 0.6 is 0 Å². The summed E-state index contributed by atoms with van der Waals surface area (Å²) in [4.78, 5) is 4.94. The van der Waals surface area contributed by atoms with Crippen molar-refractivity contribution in [1.29, 1.82) is 0 Å². The number of hydrogen-bond donors (Lipinski definition) is 0. The number of fused-ring (bicyclic) bond motifs is 7. The summed E-state index contributed by atoms with van der Waals surface area (Å²) in [6, 6.07) is 70.9. The third kappa shape index (κ3) is 4.09. The molecule has 0 saturated carbocycles. The van der Waals surface area contributed by atoms with Crippen molar-refractivity contribution in [2.45, 2.75) is 0 Å². The fourth-order valence-corrected chi connectivity index (χ4v) is 8.97. The first kappa shape index (κ1) is 29.0. The largest absolute Gasteiger partial charge is 0.311 e. The summed E-state index contributed by atoms with van der Waals surface area (Å²) in [7, 11) is 0. The molecule has 242 valence electrons. The van der Waals surface area contributed by atoms with E-state index < -0.39 is 0 Å². The average molecular weight is 662 g/mol. The van der Waals surface area contributed by atoms with E-state index in [1.807, 2.05) is 0 Å². The van der Waals surface area contributed by atoms with E-state index in [-0.39, 0.29) is 6.71 Å². The van der Waals surface area contributed by atoms with Crippen molar-refractivity contribution in [3.05, 3.63) is 194 Å². The van der Waals surface area contributed by atoms with Gasteiger partial charge in [-0.3, -0.25) is 0 Å². The minimum absolute atomic E-state index is 0.0197. The fraction of sp³-hybridized carbons (Fsp3) is 0. The Morgan fingerprint density at radius 1 is 0.327 bits per heavy atom. The summed E-state index contributed by atoms with van der Waals surface area (Å²) < 4.78 is 2.42. The Labute approximate surface area is 303 Å². The van der Waals surface area contributed by atoms with Gasteiger partial charge in [0.2, 0.25) is 0 Å². The first-order valence-electron chi connectivity index (χ1n) is 18.0. The molecule has 2 aliphatic rings. The lowest BCUT2D eigenvalue weighted by molar-refractivity contribution is 1.18. The molecule has 52 heavy (non-hydrogen) atoms. The summed E-state index contributed by atoms with van der Waals surface area (Å²) in [6.45, 7) is 0.0197. The van der Waals surface area contributed by atoms with E-state index in [1.54, 1.807) is 0 Å². The standard InChI is InChI=1S/C48H32BN3/c1-4-17-33(18-5-1)50-40-27-12-10-23-38(40)46-36(24-14-29-42(46)50)37-25-15-30-43-47(37)49-39-26-11-13-28-41(39)51(34-19-6-2-7-20-34)44-31-16-32-45(48(44)49)52(43)35-21-8-3-9-22-35/h1-32H. The second-order valence-corrected chi connectivity index (χ2v) is 13.7. The lowest BCUT2D eigenvalue weighted by Crippen LogP contribution is -2.61. The molecule has 4 heteroatoms. The Bertz CT molecular complexity index is 2790. The Morgan fingerprint density at radius 3 is 1.52 bits per heavy atom. The average Bonchev–Trinajstić information content (AvgIpc) is 3.56. The van der Waals surface area contributed by atoms with Gasteiger partial charge in [0.05, 0.1) is 11.0 Å². The predicted octanol–water partition coefficient (Wildman–Crippen LogP) is 10.5. The van der Waals surface area contributed by atoms with E-state index in [0.717, 1.165) is 17.1 Å². The van der Waals surface area contributed by atoms with Gasteiger partial charge in [0.15, 0.2) is 0 Å². The normalized spacial score (nSPS) is 12.9. The van der Waals surface area contributed by atoms with Crippen LogP contribution in [0.1, 0.15) is 0 Å². The maximum absolute atomic E-state index is 2.48. The Hall–Kier alpha value is -6.78. The Kier molecular flexibility index (Phi) is 6.35. The molecular formula is C48H32BN3. The molecule has 9 aromatic rings. The van der Waals surface area contributed by atoms with Gasteiger partial charge in [0, 0.05) is 50.6 Å². The summed E-state index contributed by atoms with van der Waals surface area (Å²) in [6.07, 6.45) is 0. The first-order chi connectivity index (χ1) is 25.9. The maximum Gasteiger partial charge on any atom is 0.252 e. The van der Waals surface area contributed by atoms with Crippen molar-refractivity contribution in [1.82, 2.24) is 4.57 Å². The van der Waals surface area contributed by atoms with E-state index in [0.29, 0.717) is 0 Å². The SMILES string of the molecule is c1ccc(N2c3ccccc3B3c4c(-c5cccc6c5c5ccccc5n6-c5ccccc5)cccc4N(c4ccccc4)c4cccc2c43)cc1. The van der Waals surface area contributed by atoms with Gasteiger partial charge in [-0.25, -0.2) is 0 Å². The van der Waals surface area contributed by atoms with E-state index in [1.165, 1.54) is 72.1 Å². The topological polar surface area (TPSA) is 11.4 Å². The molecule has 0 bridgehead atoms. The van der Waals surface area contributed by atoms with Crippen LogP contribution in [-0.4, -0.2) is 11.3 Å². The molecule has 0 unspecified atom stereocenters. The highest BCUT2D eigenvalue weighted by atomic mass is 15.2. The number of para-hydroxylation sites is 5. The highest BCUT2D eigenvalue weighted by Gasteiger charge is 2.44. The van der Waals surface area contributed by atoms with Gasteiger partial charge in [0.1, 0.15) is 0 Å². The van der Waals surface area contributed by atoms with Gasteiger partial charge in [0.25, 0.3) is 6.71 Å². The molecule has 3 heterocycles. The van der Waals surface area contributed by atoms with Crippen LogP contribution in [0.3, 0.4) is 0 Å². The van der Waals surface area contributed by atoms with Crippen molar-refractivity contribution in [2.75, 3.05) is 9.80 Å². The summed E-state index contributed by atoms with van der Waals surface area (Å²) in [5.74, 6) is 0. The van der Waals surface area contributed by atoms with E-state index in [4.69, 9.17) is 0 Å². The molecule has 0 saturated heterocycles. The zero-order valence-electron chi connectivity index (χ0n) is 28.4. The van der Waals surface area contributed by atoms with Crippen molar-refractivity contribution in [3.8, 4) is 16.8 Å². The highest BCUT2D eigenvalue weighted by molar-refractivity contribution is 7.01. The quantitative estimate of drug-likeness (QED) is 0.174. The third-order valence-electron chi connectivity index (χ3n) is 11.0. The van der Waals surface area contributed by atoms with E-state index in [9.17, 15) is 0 Å². The second-order valence-electron chi connectivity index (χ2n) is 13.7. The molecule has 3 nitrogen and oxygen atoms in total. The number of benzene rings is 8. The summed E-state index contributed by atoms with van der Waals surface area (Å²) in [5, 5.41) is 2.53. The fourth-order valence-electron chi connectivity index (χ4n) is 8.97. The van der Waals surface area contributed by atoms with E-state index in [2.05, 4.69) is 208 Å². The molecule has 8 aromatic carbocycles. The van der Waals surface area contributed by atoms with Crippen LogP contribution in [-0.2, 0) is 0 Å². The van der Waals surface area contributed by atoms with Crippen molar-refractivity contribution < 1.29 is 0 Å². The zero-order chi connectivity index (χ0) is 34.2. The molecule has 0 N–H and O–H groups in total. The van der Waals surface area contributed by atoms with E-state index >= 15 is 0 Å². The van der Waals surface area contributed by atoms with Crippen LogP contribution < -0.4 is 26.2 Å². The van der Waals surface area contributed by atoms with Gasteiger partial charge >= 0.3 is 0 Å². The summed E-state index contributed by atoms with van der Waals surface area (Å²) >= 11 is 0. The van der Waals surface area contributed by atoms with Gasteiger partial charge in [-0.2, -0.15) is 0 Å². The number of rotatable bonds is 4.